The van der Waals surface area contributed by atoms with E-state index >= 15 is 0 Å². The smallest absolute Gasteiger partial charge is 0.194 e. The minimum atomic E-state index is 0.0222. The van der Waals surface area contributed by atoms with Gasteiger partial charge in [-0.1, -0.05) is 24.3 Å². The first-order chi connectivity index (χ1) is 15.1. The van der Waals surface area contributed by atoms with Crippen LogP contribution in [-0.2, 0) is 29.1 Å². The molecule has 2 heterocycles. The number of thiazole rings is 1. The molecule has 7 nitrogen and oxygen atoms in total. The Morgan fingerprint density at radius 3 is 2.77 bits per heavy atom. The first kappa shape index (κ1) is 23.7. The van der Waals surface area contributed by atoms with Gasteiger partial charge in [-0.3, -0.25) is 4.90 Å². The molecule has 1 unspecified atom stereocenters. The first-order valence-electron chi connectivity index (χ1n) is 10.9. The maximum atomic E-state index is 5.48. The molecule has 1 saturated heterocycles. The van der Waals surface area contributed by atoms with Crippen molar-refractivity contribution in [3.05, 3.63) is 51.5 Å². The monoisotopic (exact) mass is 445 g/mol. The van der Waals surface area contributed by atoms with Gasteiger partial charge in [0.2, 0.25) is 0 Å². The van der Waals surface area contributed by atoms with Gasteiger partial charge < -0.3 is 19.7 Å². The van der Waals surface area contributed by atoms with E-state index < -0.39 is 0 Å². The van der Waals surface area contributed by atoms with Gasteiger partial charge in [-0.15, -0.1) is 11.3 Å². The Bertz CT molecular complexity index is 835. The lowest BCUT2D eigenvalue weighted by Crippen LogP contribution is -2.38. The molecule has 0 amide bonds. The fourth-order valence-corrected chi connectivity index (χ4v) is 4.34. The zero-order chi connectivity index (χ0) is 22.1. The van der Waals surface area contributed by atoms with Gasteiger partial charge in [0.05, 0.1) is 32.0 Å². The van der Waals surface area contributed by atoms with Crippen LogP contribution in [0.1, 0.15) is 41.8 Å². The molecule has 3 rings (SSSR count). The van der Waals surface area contributed by atoms with Crippen LogP contribution in [0, 0.1) is 0 Å². The van der Waals surface area contributed by atoms with Crippen LogP contribution < -0.4 is 5.32 Å². The molecule has 0 saturated carbocycles. The molecule has 0 spiro atoms. The first-order valence-corrected chi connectivity index (χ1v) is 11.8. The van der Waals surface area contributed by atoms with E-state index in [4.69, 9.17) is 19.5 Å². The minimum Gasteiger partial charge on any atom is -0.379 e. The van der Waals surface area contributed by atoms with Gasteiger partial charge in [-0.25, -0.2) is 9.98 Å². The highest BCUT2D eigenvalue weighted by Crippen LogP contribution is 2.21. The summed E-state index contributed by atoms with van der Waals surface area (Å²) in [5.41, 5.74) is 3.64. The highest BCUT2D eigenvalue weighted by atomic mass is 32.1. The largest absolute Gasteiger partial charge is 0.379 e. The normalized spacial score (nSPS) is 16.3. The number of aromatic nitrogens is 1. The summed E-state index contributed by atoms with van der Waals surface area (Å²) in [6.45, 7) is 10.8. The van der Waals surface area contributed by atoms with Crippen molar-refractivity contribution in [3.63, 3.8) is 0 Å². The Labute approximate surface area is 190 Å². The number of aliphatic imine (C=N–C) groups is 1. The van der Waals surface area contributed by atoms with Crippen LogP contribution in [0.5, 0.6) is 0 Å². The molecule has 170 valence electrons. The lowest BCUT2D eigenvalue weighted by molar-refractivity contribution is 0.0341. The van der Waals surface area contributed by atoms with Gasteiger partial charge in [-0.05, 0) is 25.0 Å². The Hall–Kier alpha value is -2.00. The van der Waals surface area contributed by atoms with Gasteiger partial charge in [-0.2, -0.15) is 0 Å². The Morgan fingerprint density at radius 1 is 1.32 bits per heavy atom. The van der Waals surface area contributed by atoms with Crippen molar-refractivity contribution in [1.29, 1.82) is 0 Å². The minimum absolute atomic E-state index is 0.0222. The van der Waals surface area contributed by atoms with E-state index in [2.05, 4.69) is 58.7 Å². The van der Waals surface area contributed by atoms with Gasteiger partial charge in [0.1, 0.15) is 11.1 Å². The molecule has 2 aromatic rings. The molecular weight excluding hydrogens is 410 g/mol. The van der Waals surface area contributed by atoms with E-state index in [9.17, 15) is 0 Å². The van der Waals surface area contributed by atoms with E-state index in [1.54, 1.807) is 18.4 Å². The third-order valence-corrected chi connectivity index (χ3v) is 6.44. The lowest BCUT2D eigenvalue weighted by Gasteiger charge is -2.27. The van der Waals surface area contributed by atoms with Crippen LogP contribution in [0.25, 0.3) is 0 Å². The molecule has 1 aromatic carbocycles. The highest BCUT2D eigenvalue weighted by molar-refractivity contribution is 7.09. The molecule has 8 heteroatoms. The Balaban J connectivity index is 1.67. The highest BCUT2D eigenvalue weighted by Gasteiger charge is 2.14. The van der Waals surface area contributed by atoms with Crippen molar-refractivity contribution >= 4 is 17.3 Å². The summed E-state index contributed by atoms with van der Waals surface area (Å²) < 4.78 is 10.9. The predicted octanol–water partition coefficient (Wildman–Crippen LogP) is 3.28. The van der Waals surface area contributed by atoms with Crippen LogP contribution in [-0.4, -0.2) is 67.7 Å². The van der Waals surface area contributed by atoms with Crippen LogP contribution in [0.15, 0.2) is 34.6 Å². The van der Waals surface area contributed by atoms with Gasteiger partial charge in [0.15, 0.2) is 5.96 Å². The number of benzene rings is 1. The molecule has 31 heavy (non-hydrogen) atoms. The fraction of sp³-hybridized carbons (Fsp3) is 0.565. The molecule has 0 bridgehead atoms. The molecule has 1 aliphatic heterocycles. The van der Waals surface area contributed by atoms with E-state index in [1.165, 1.54) is 11.1 Å². The zero-order valence-electron chi connectivity index (χ0n) is 19.1. The number of guanidine groups is 1. The Kier molecular flexibility index (Phi) is 9.27. The van der Waals surface area contributed by atoms with Gasteiger partial charge >= 0.3 is 0 Å². The maximum Gasteiger partial charge on any atom is 0.194 e. The zero-order valence-corrected chi connectivity index (χ0v) is 20.0. The van der Waals surface area contributed by atoms with Crippen LogP contribution in [0.2, 0.25) is 0 Å². The molecule has 0 radical (unpaired) electrons. The second-order valence-corrected chi connectivity index (χ2v) is 8.63. The van der Waals surface area contributed by atoms with Crippen molar-refractivity contribution < 1.29 is 9.47 Å². The average Bonchev–Trinajstić information content (AvgIpc) is 3.26. The number of hydrogen-bond donors (Lipinski definition) is 1. The maximum absolute atomic E-state index is 5.48. The SMILES string of the molecule is CCNC(=NCc1ccccc1CN1CCOCC1)N(C)Cc1csc(C(C)OC)n1. The van der Waals surface area contributed by atoms with Crippen LogP contribution in [0.4, 0.5) is 0 Å². The van der Waals surface area contributed by atoms with Crippen LogP contribution in [0.3, 0.4) is 0 Å². The van der Waals surface area contributed by atoms with E-state index in [-0.39, 0.29) is 6.10 Å². The second-order valence-electron chi connectivity index (χ2n) is 7.74. The molecule has 1 N–H and O–H groups in total. The molecular formula is C23H35N5O2S. The van der Waals surface area contributed by atoms with Crippen LogP contribution >= 0.6 is 11.3 Å². The van der Waals surface area contributed by atoms with Gasteiger partial charge in [0, 0.05) is 45.7 Å². The predicted molar refractivity (Wildman–Crippen MR) is 126 cm³/mol. The number of nitrogens with one attached hydrogen (secondary N) is 1. The number of hydrogen-bond acceptors (Lipinski definition) is 6. The number of morpholine rings is 1. The molecule has 1 aliphatic rings. The van der Waals surface area contributed by atoms with E-state index in [0.717, 1.165) is 56.1 Å². The second kappa shape index (κ2) is 12.1. The summed E-state index contributed by atoms with van der Waals surface area (Å²) in [5, 5.41) is 6.52. The number of nitrogens with zero attached hydrogens (tertiary/aromatic N) is 4. The summed E-state index contributed by atoms with van der Waals surface area (Å²) in [5.74, 6) is 0.887. The Morgan fingerprint density at radius 2 is 2.06 bits per heavy atom. The fourth-order valence-electron chi connectivity index (χ4n) is 3.50. The van der Waals surface area contributed by atoms with E-state index in [0.29, 0.717) is 13.1 Å². The third-order valence-electron chi connectivity index (χ3n) is 5.38. The molecule has 1 fully saturated rings. The van der Waals surface area contributed by atoms with Crippen molar-refractivity contribution in [2.75, 3.05) is 47.0 Å². The molecule has 1 atom stereocenters. The topological polar surface area (TPSA) is 62.2 Å². The number of methoxy groups -OCH3 is 1. The summed E-state index contributed by atoms with van der Waals surface area (Å²) in [6.07, 6.45) is 0.0222. The average molecular weight is 446 g/mol. The summed E-state index contributed by atoms with van der Waals surface area (Å²) in [7, 11) is 3.77. The standard InChI is InChI=1S/C23H35N5O2S/c1-5-24-23(27(3)16-21-17-31-22(26-21)18(2)29-4)25-14-19-8-6-7-9-20(19)15-28-10-12-30-13-11-28/h6-9,17-18H,5,10-16H2,1-4H3,(H,24,25). The summed E-state index contributed by atoms with van der Waals surface area (Å²) in [6, 6.07) is 8.60. The van der Waals surface area contributed by atoms with E-state index in [1.807, 2.05) is 6.92 Å². The summed E-state index contributed by atoms with van der Waals surface area (Å²) >= 11 is 1.64. The summed E-state index contributed by atoms with van der Waals surface area (Å²) in [4.78, 5) is 14.2. The van der Waals surface area contributed by atoms with Crippen molar-refractivity contribution in [2.45, 2.75) is 39.6 Å². The van der Waals surface area contributed by atoms with Crippen molar-refractivity contribution in [2.24, 2.45) is 4.99 Å². The van der Waals surface area contributed by atoms with Gasteiger partial charge in [0.25, 0.3) is 0 Å². The molecule has 1 aromatic heterocycles. The lowest BCUT2D eigenvalue weighted by atomic mass is 10.1. The van der Waals surface area contributed by atoms with Crippen molar-refractivity contribution in [3.8, 4) is 0 Å². The number of rotatable bonds is 9. The van der Waals surface area contributed by atoms with Crippen molar-refractivity contribution in [1.82, 2.24) is 20.1 Å². The third kappa shape index (κ3) is 7.00. The quantitative estimate of drug-likeness (QED) is 0.472. The molecule has 0 aliphatic carbocycles. The number of ether oxygens (including phenoxy) is 2.